The van der Waals surface area contributed by atoms with Crippen LogP contribution in [0.25, 0.3) is 0 Å². The summed E-state index contributed by atoms with van der Waals surface area (Å²) in [6, 6.07) is 2.28. The fourth-order valence-corrected chi connectivity index (χ4v) is 1.47. The number of carboxylic acids is 1. The van der Waals surface area contributed by atoms with Crippen LogP contribution in [0.1, 0.15) is 36.7 Å². The normalized spacial score (nSPS) is 11.9. The van der Waals surface area contributed by atoms with Gasteiger partial charge < -0.3 is 9.84 Å². The van der Waals surface area contributed by atoms with Gasteiger partial charge in [0.15, 0.2) is 0 Å². The van der Waals surface area contributed by atoms with Gasteiger partial charge in [-0.3, -0.25) is 5.32 Å². The number of halogens is 3. The van der Waals surface area contributed by atoms with Crippen LogP contribution in [0.15, 0.2) is 18.2 Å². The Hall–Kier alpha value is -2.25. The van der Waals surface area contributed by atoms with E-state index >= 15 is 0 Å². The molecule has 0 saturated heterocycles. The van der Waals surface area contributed by atoms with Gasteiger partial charge in [-0.2, -0.15) is 13.2 Å². The summed E-state index contributed by atoms with van der Waals surface area (Å²) in [5, 5.41) is 11.0. The maximum absolute atomic E-state index is 12.6. The van der Waals surface area contributed by atoms with Crippen LogP contribution < -0.4 is 5.32 Å². The van der Waals surface area contributed by atoms with Crippen LogP contribution in [-0.4, -0.2) is 22.8 Å². The standard InChI is InChI=1S/C13H14F3NO4/c1-12(2,3)21-11(20)17-7-4-5-9(13(14,15)16)8(6-7)10(18)19/h4-6H,1-3H3,(H,17,20)(H,18,19). The Morgan fingerprint density at radius 2 is 1.76 bits per heavy atom. The smallest absolute Gasteiger partial charge is 0.417 e. The molecule has 0 bridgehead atoms. The Kier molecular flexibility index (Phi) is 4.50. The lowest BCUT2D eigenvalue weighted by Gasteiger charge is -2.20. The van der Waals surface area contributed by atoms with Crippen molar-refractivity contribution in [1.29, 1.82) is 0 Å². The van der Waals surface area contributed by atoms with E-state index in [9.17, 15) is 22.8 Å². The van der Waals surface area contributed by atoms with Crippen LogP contribution in [0.3, 0.4) is 0 Å². The number of anilines is 1. The minimum Gasteiger partial charge on any atom is -0.478 e. The highest BCUT2D eigenvalue weighted by Gasteiger charge is 2.35. The summed E-state index contributed by atoms with van der Waals surface area (Å²) >= 11 is 0. The van der Waals surface area contributed by atoms with Crippen LogP contribution in [0.2, 0.25) is 0 Å². The van der Waals surface area contributed by atoms with E-state index in [2.05, 4.69) is 5.32 Å². The number of nitrogens with one attached hydrogen (secondary N) is 1. The molecule has 21 heavy (non-hydrogen) atoms. The molecular formula is C13H14F3NO4. The minimum atomic E-state index is -4.79. The molecule has 0 aliphatic carbocycles. The van der Waals surface area contributed by atoms with Crippen molar-refractivity contribution >= 4 is 17.7 Å². The molecule has 8 heteroatoms. The van der Waals surface area contributed by atoms with E-state index in [1.165, 1.54) is 0 Å². The van der Waals surface area contributed by atoms with E-state index in [-0.39, 0.29) is 5.69 Å². The van der Waals surface area contributed by atoms with Crippen molar-refractivity contribution in [1.82, 2.24) is 0 Å². The molecule has 5 nitrogen and oxygen atoms in total. The summed E-state index contributed by atoms with van der Waals surface area (Å²) in [6.07, 6.45) is -5.68. The summed E-state index contributed by atoms with van der Waals surface area (Å²) in [5.41, 5.74) is -3.12. The van der Waals surface area contributed by atoms with Gasteiger partial charge in [0.2, 0.25) is 0 Å². The zero-order valence-corrected chi connectivity index (χ0v) is 11.5. The first kappa shape index (κ1) is 16.8. The molecule has 0 aromatic heterocycles. The molecule has 0 saturated carbocycles. The Morgan fingerprint density at radius 1 is 1.19 bits per heavy atom. The number of ether oxygens (including phenoxy) is 1. The molecule has 116 valence electrons. The van der Waals surface area contributed by atoms with E-state index in [1.807, 2.05) is 0 Å². The monoisotopic (exact) mass is 305 g/mol. The zero-order valence-electron chi connectivity index (χ0n) is 11.5. The Bertz CT molecular complexity index is 562. The van der Waals surface area contributed by atoms with E-state index in [0.717, 1.165) is 12.1 Å². The molecule has 1 aromatic carbocycles. The van der Waals surface area contributed by atoms with Gasteiger partial charge in [0.05, 0.1) is 11.1 Å². The van der Waals surface area contributed by atoms with Crippen molar-refractivity contribution in [3.8, 4) is 0 Å². The van der Waals surface area contributed by atoms with Gasteiger partial charge in [-0.1, -0.05) is 0 Å². The second-order valence-corrected chi connectivity index (χ2v) is 5.19. The molecule has 0 aliphatic heterocycles. The van der Waals surface area contributed by atoms with Crippen molar-refractivity contribution in [2.24, 2.45) is 0 Å². The van der Waals surface area contributed by atoms with Gasteiger partial charge in [-0.15, -0.1) is 0 Å². The van der Waals surface area contributed by atoms with Crippen molar-refractivity contribution in [2.75, 3.05) is 5.32 Å². The van der Waals surface area contributed by atoms with Gasteiger partial charge in [-0.25, -0.2) is 9.59 Å². The van der Waals surface area contributed by atoms with Crippen molar-refractivity contribution in [3.63, 3.8) is 0 Å². The van der Waals surface area contributed by atoms with Gasteiger partial charge in [0, 0.05) is 5.69 Å². The lowest BCUT2D eigenvalue weighted by atomic mass is 10.1. The lowest BCUT2D eigenvalue weighted by Crippen LogP contribution is -2.27. The van der Waals surface area contributed by atoms with Crippen LogP contribution >= 0.6 is 0 Å². The van der Waals surface area contributed by atoms with Gasteiger partial charge in [-0.05, 0) is 39.0 Å². The third-order valence-corrected chi connectivity index (χ3v) is 2.20. The van der Waals surface area contributed by atoms with Gasteiger partial charge in [0.1, 0.15) is 5.60 Å². The van der Waals surface area contributed by atoms with Crippen molar-refractivity contribution in [3.05, 3.63) is 29.3 Å². The molecule has 1 rings (SSSR count). The summed E-state index contributed by atoms with van der Waals surface area (Å²) in [4.78, 5) is 22.4. The fraction of sp³-hybridized carbons (Fsp3) is 0.385. The number of rotatable bonds is 2. The van der Waals surface area contributed by atoms with E-state index < -0.39 is 35.0 Å². The number of hydrogen-bond acceptors (Lipinski definition) is 3. The summed E-state index contributed by atoms with van der Waals surface area (Å²) in [6.45, 7) is 4.84. The van der Waals surface area contributed by atoms with Gasteiger partial charge in [0.25, 0.3) is 0 Å². The lowest BCUT2D eigenvalue weighted by molar-refractivity contribution is -0.138. The van der Waals surface area contributed by atoms with E-state index in [1.54, 1.807) is 20.8 Å². The van der Waals surface area contributed by atoms with Crippen LogP contribution in [-0.2, 0) is 10.9 Å². The molecule has 0 atom stereocenters. The number of carbonyl (C=O) groups is 2. The molecule has 0 heterocycles. The second kappa shape index (κ2) is 5.63. The third kappa shape index (κ3) is 4.97. The molecule has 0 unspecified atom stereocenters. The minimum absolute atomic E-state index is 0.102. The average molecular weight is 305 g/mol. The summed E-state index contributed by atoms with van der Waals surface area (Å²) in [5.74, 6) is -1.74. The maximum Gasteiger partial charge on any atom is 0.417 e. The van der Waals surface area contributed by atoms with Crippen LogP contribution in [0.5, 0.6) is 0 Å². The topological polar surface area (TPSA) is 75.6 Å². The number of carboxylic acid groups (broad SMARTS) is 1. The SMILES string of the molecule is CC(C)(C)OC(=O)Nc1ccc(C(F)(F)F)c(C(=O)O)c1. The predicted octanol–water partition coefficient (Wildman–Crippen LogP) is 3.75. The first-order valence-corrected chi connectivity index (χ1v) is 5.85. The van der Waals surface area contributed by atoms with Crippen molar-refractivity contribution in [2.45, 2.75) is 32.5 Å². The largest absolute Gasteiger partial charge is 0.478 e. The van der Waals surface area contributed by atoms with E-state index in [4.69, 9.17) is 9.84 Å². The molecule has 0 aliphatic rings. The number of carbonyl (C=O) groups excluding carboxylic acids is 1. The quantitative estimate of drug-likeness (QED) is 0.872. The molecule has 2 N–H and O–H groups in total. The first-order chi connectivity index (χ1) is 9.40. The molecule has 0 fully saturated rings. The third-order valence-electron chi connectivity index (χ3n) is 2.20. The van der Waals surface area contributed by atoms with Crippen LogP contribution in [0, 0.1) is 0 Å². The Morgan fingerprint density at radius 3 is 2.19 bits per heavy atom. The highest BCUT2D eigenvalue weighted by Crippen LogP contribution is 2.33. The molecule has 1 amide bonds. The Labute approximate surface area is 118 Å². The molecular weight excluding hydrogens is 291 g/mol. The first-order valence-electron chi connectivity index (χ1n) is 5.85. The van der Waals surface area contributed by atoms with Crippen molar-refractivity contribution < 1.29 is 32.6 Å². The molecule has 0 spiro atoms. The Balaban J connectivity index is 3.05. The highest BCUT2D eigenvalue weighted by molar-refractivity contribution is 5.93. The maximum atomic E-state index is 12.6. The summed E-state index contributed by atoms with van der Waals surface area (Å²) < 4.78 is 42.9. The molecule has 1 aromatic rings. The average Bonchev–Trinajstić information content (AvgIpc) is 2.24. The number of hydrogen-bond donors (Lipinski definition) is 2. The number of amides is 1. The number of alkyl halides is 3. The van der Waals surface area contributed by atoms with Gasteiger partial charge >= 0.3 is 18.2 Å². The highest BCUT2D eigenvalue weighted by atomic mass is 19.4. The predicted molar refractivity (Wildman–Crippen MR) is 68.3 cm³/mol. The number of benzene rings is 1. The van der Waals surface area contributed by atoms with E-state index in [0.29, 0.717) is 6.07 Å². The molecule has 0 radical (unpaired) electrons. The second-order valence-electron chi connectivity index (χ2n) is 5.19. The summed E-state index contributed by atoms with van der Waals surface area (Å²) in [7, 11) is 0. The van der Waals surface area contributed by atoms with Crippen LogP contribution in [0.4, 0.5) is 23.7 Å². The fourth-order valence-electron chi connectivity index (χ4n) is 1.47. The number of aromatic carboxylic acids is 1. The zero-order chi connectivity index (χ0) is 16.4.